The normalized spacial score (nSPS) is 19.4. The number of nitrogens with one attached hydrogen (secondary N) is 1. The van der Waals surface area contributed by atoms with Crippen LogP contribution >= 0.6 is 0 Å². The molecule has 3 rings (SSSR count). The van der Waals surface area contributed by atoms with E-state index in [0.717, 1.165) is 25.8 Å². The molecule has 1 saturated carbocycles. The predicted octanol–water partition coefficient (Wildman–Crippen LogP) is 1.57. The average molecular weight is 349 g/mol. The number of urea groups is 1. The van der Waals surface area contributed by atoms with E-state index >= 15 is 0 Å². The molecule has 138 valence electrons. The summed E-state index contributed by atoms with van der Waals surface area (Å²) in [7, 11) is 1.65. The summed E-state index contributed by atoms with van der Waals surface area (Å²) >= 11 is 0. The molecule has 3 amide bonds. The van der Waals surface area contributed by atoms with Crippen LogP contribution in [0.4, 0.5) is 10.6 Å². The number of carbonyl (C=O) groups excluding carboxylic acids is 2. The maximum Gasteiger partial charge on any atom is 0.323 e. The van der Waals surface area contributed by atoms with E-state index in [1.807, 2.05) is 18.0 Å². The van der Waals surface area contributed by atoms with Crippen molar-refractivity contribution in [1.82, 2.24) is 19.6 Å². The van der Waals surface area contributed by atoms with Gasteiger partial charge in [-0.2, -0.15) is 5.10 Å². The van der Waals surface area contributed by atoms with Gasteiger partial charge in [-0.3, -0.25) is 14.8 Å². The lowest BCUT2D eigenvalue weighted by molar-refractivity contribution is -0.132. The largest absolute Gasteiger partial charge is 0.382 e. The molecule has 1 aliphatic carbocycles. The predicted molar refractivity (Wildman–Crippen MR) is 93.3 cm³/mol. The van der Waals surface area contributed by atoms with Gasteiger partial charge < -0.3 is 14.5 Å². The van der Waals surface area contributed by atoms with Gasteiger partial charge in [0.25, 0.3) is 0 Å². The molecule has 1 aromatic rings. The minimum Gasteiger partial charge on any atom is -0.382 e. The van der Waals surface area contributed by atoms with E-state index in [1.54, 1.807) is 22.8 Å². The molecular weight excluding hydrogens is 322 g/mol. The number of methoxy groups -OCH3 is 1. The van der Waals surface area contributed by atoms with Crippen molar-refractivity contribution in [3.05, 3.63) is 12.3 Å². The summed E-state index contributed by atoms with van der Waals surface area (Å²) in [4.78, 5) is 28.3. The number of hydrogen-bond acceptors (Lipinski definition) is 4. The van der Waals surface area contributed by atoms with Crippen LogP contribution in [0.5, 0.6) is 0 Å². The average Bonchev–Trinajstić information content (AvgIpc) is 3.38. The number of hydrogen-bond donors (Lipinski definition) is 1. The third-order valence-corrected chi connectivity index (χ3v) is 4.72. The zero-order chi connectivity index (χ0) is 17.8. The zero-order valence-electron chi connectivity index (χ0n) is 15.0. The fourth-order valence-electron chi connectivity index (χ4n) is 3.09. The van der Waals surface area contributed by atoms with Crippen LogP contribution in [0, 0.1) is 5.92 Å². The fraction of sp³-hybridized carbons (Fsp3) is 0.706. The summed E-state index contributed by atoms with van der Waals surface area (Å²) < 4.78 is 6.89. The van der Waals surface area contributed by atoms with Crippen molar-refractivity contribution in [2.45, 2.75) is 32.2 Å². The van der Waals surface area contributed by atoms with E-state index in [1.165, 1.54) is 0 Å². The molecule has 1 saturated heterocycles. The van der Waals surface area contributed by atoms with Gasteiger partial charge in [0.2, 0.25) is 5.91 Å². The summed E-state index contributed by atoms with van der Waals surface area (Å²) in [6, 6.07) is 1.73. The van der Waals surface area contributed by atoms with Crippen LogP contribution < -0.4 is 5.32 Å². The maximum absolute atomic E-state index is 12.5. The van der Waals surface area contributed by atoms with Crippen molar-refractivity contribution >= 4 is 17.8 Å². The highest BCUT2D eigenvalue weighted by Crippen LogP contribution is 2.31. The van der Waals surface area contributed by atoms with E-state index in [2.05, 4.69) is 10.4 Å². The lowest BCUT2D eigenvalue weighted by Gasteiger charge is -2.22. The second-order valence-corrected chi connectivity index (χ2v) is 6.86. The molecule has 1 aliphatic heterocycles. The monoisotopic (exact) mass is 349 g/mol. The number of ether oxygens (including phenoxy) is 1. The molecule has 1 aromatic heterocycles. The number of carbonyl (C=O) groups is 2. The first-order valence-electron chi connectivity index (χ1n) is 8.97. The number of anilines is 1. The Hall–Kier alpha value is -2.09. The van der Waals surface area contributed by atoms with Crippen molar-refractivity contribution in [2.75, 3.05) is 45.2 Å². The van der Waals surface area contributed by atoms with E-state index in [9.17, 15) is 9.59 Å². The Morgan fingerprint density at radius 2 is 2.00 bits per heavy atom. The first kappa shape index (κ1) is 17.7. The van der Waals surface area contributed by atoms with Crippen molar-refractivity contribution in [3.63, 3.8) is 0 Å². The van der Waals surface area contributed by atoms with E-state index in [0.29, 0.717) is 32.1 Å². The zero-order valence-corrected chi connectivity index (χ0v) is 15.0. The molecule has 1 atom stereocenters. The summed E-state index contributed by atoms with van der Waals surface area (Å²) in [6.07, 6.45) is 4.68. The standard InChI is InChI=1S/C17H27N5O3/c1-13(12-25-2)22-9-6-15(19-22)18-17(24)21-8-3-7-20(10-11-21)16(23)14-4-5-14/h6,9,13-14H,3-5,7-8,10-12H2,1-2H3,(H,18,19,24). The number of amides is 3. The number of aromatic nitrogens is 2. The van der Waals surface area contributed by atoms with Crippen molar-refractivity contribution in [2.24, 2.45) is 5.92 Å². The highest BCUT2D eigenvalue weighted by molar-refractivity contribution is 5.88. The third-order valence-electron chi connectivity index (χ3n) is 4.72. The molecule has 0 radical (unpaired) electrons. The van der Waals surface area contributed by atoms with Crippen LogP contribution in [0.15, 0.2) is 12.3 Å². The highest BCUT2D eigenvalue weighted by atomic mass is 16.5. The first-order chi connectivity index (χ1) is 12.1. The van der Waals surface area contributed by atoms with Crippen LogP contribution in [0.3, 0.4) is 0 Å². The minimum absolute atomic E-state index is 0.107. The molecule has 0 spiro atoms. The van der Waals surface area contributed by atoms with Crippen LogP contribution in [0.25, 0.3) is 0 Å². The Balaban J connectivity index is 1.52. The Morgan fingerprint density at radius 3 is 2.72 bits per heavy atom. The summed E-state index contributed by atoms with van der Waals surface area (Å²) in [5.74, 6) is 1.02. The van der Waals surface area contributed by atoms with Gasteiger partial charge >= 0.3 is 6.03 Å². The molecule has 2 fully saturated rings. The van der Waals surface area contributed by atoms with Crippen LogP contribution in [-0.4, -0.2) is 71.4 Å². The van der Waals surface area contributed by atoms with Crippen LogP contribution in [0.2, 0.25) is 0 Å². The lowest BCUT2D eigenvalue weighted by Crippen LogP contribution is -2.39. The van der Waals surface area contributed by atoms with Gasteiger partial charge in [0.05, 0.1) is 12.6 Å². The number of nitrogens with zero attached hydrogens (tertiary/aromatic N) is 4. The van der Waals surface area contributed by atoms with Crippen molar-refractivity contribution < 1.29 is 14.3 Å². The molecule has 8 nitrogen and oxygen atoms in total. The van der Waals surface area contributed by atoms with Crippen molar-refractivity contribution in [1.29, 1.82) is 0 Å². The highest BCUT2D eigenvalue weighted by Gasteiger charge is 2.34. The molecular formula is C17H27N5O3. The summed E-state index contributed by atoms with van der Waals surface area (Å²) in [6.45, 7) is 5.13. The van der Waals surface area contributed by atoms with Gasteiger partial charge in [-0.15, -0.1) is 0 Å². The summed E-state index contributed by atoms with van der Waals surface area (Å²) in [5, 5.41) is 7.22. The second kappa shape index (κ2) is 7.86. The van der Waals surface area contributed by atoms with Crippen LogP contribution in [-0.2, 0) is 9.53 Å². The molecule has 2 heterocycles. The first-order valence-corrected chi connectivity index (χ1v) is 8.97. The molecule has 1 unspecified atom stereocenters. The fourth-order valence-corrected chi connectivity index (χ4v) is 3.09. The van der Waals surface area contributed by atoms with E-state index in [4.69, 9.17) is 4.74 Å². The molecule has 2 aliphatic rings. The summed E-state index contributed by atoms with van der Waals surface area (Å²) in [5.41, 5.74) is 0. The smallest absolute Gasteiger partial charge is 0.323 e. The van der Waals surface area contributed by atoms with Crippen LogP contribution in [0.1, 0.15) is 32.2 Å². The SMILES string of the molecule is COCC(C)n1ccc(NC(=O)N2CCCN(C(=O)C3CC3)CC2)n1. The Labute approximate surface area is 148 Å². The van der Waals surface area contributed by atoms with Gasteiger partial charge in [0.15, 0.2) is 5.82 Å². The Kier molecular flexibility index (Phi) is 5.57. The topological polar surface area (TPSA) is 79.7 Å². The molecule has 25 heavy (non-hydrogen) atoms. The number of rotatable bonds is 5. The molecule has 0 bridgehead atoms. The lowest BCUT2D eigenvalue weighted by atomic mass is 10.3. The second-order valence-electron chi connectivity index (χ2n) is 6.86. The minimum atomic E-state index is -0.162. The van der Waals surface area contributed by atoms with Gasteiger partial charge in [-0.05, 0) is 26.2 Å². The van der Waals surface area contributed by atoms with Gasteiger partial charge in [0.1, 0.15) is 0 Å². The Bertz CT molecular complexity index is 613. The van der Waals surface area contributed by atoms with Crippen molar-refractivity contribution in [3.8, 4) is 0 Å². The van der Waals surface area contributed by atoms with E-state index in [-0.39, 0.29) is 23.9 Å². The quantitative estimate of drug-likeness (QED) is 0.875. The van der Waals surface area contributed by atoms with Gasteiger partial charge in [-0.1, -0.05) is 0 Å². The Morgan fingerprint density at radius 1 is 1.28 bits per heavy atom. The molecule has 1 N–H and O–H groups in total. The van der Waals surface area contributed by atoms with Gasteiger partial charge in [-0.25, -0.2) is 4.79 Å². The molecule has 0 aromatic carbocycles. The third kappa shape index (κ3) is 4.50. The maximum atomic E-state index is 12.5. The van der Waals surface area contributed by atoms with Gasteiger partial charge in [0, 0.05) is 51.5 Å². The molecule has 8 heteroatoms. The van der Waals surface area contributed by atoms with E-state index < -0.39 is 0 Å².